The second-order valence-electron chi connectivity index (χ2n) is 5.90. The fourth-order valence-electron chi connectivity index (χ4n) is 3.03. The number of nitrogens with zero attached hydrogens (tertiary/aromatic N) is 1. The van der Waals surface area contributed by atoms with E-state index in [4.69, 9.17) is 10.7 Å². The first-order valence-corrected chi connectivity index (χ1v) is 8.10. The van der Waals surface area contributed by atoms with Crippen molar-refractivity contribution in [3.8, 4) is 0 Å². The SMILES string of the molecule is CCCC1CCCC(N)(c2nc(C)c(C)s2)CC1. The molecule has 1 aliphatic rings. The van der Waals surface area contributed by atoms with Crippen LogP contribution in [0.1, 0.15) is 67.4 Å². The van der Waals surface area contributed by atoms with E-state index in [1.165, 1.54) is 42.0 Å². The van der Waals surface area contributed by atoms with Gasteiger partial charge in [-0.1, -0.05) is 32.6 Å². The van der Waals surface area contributed by atoms with E-state index in [1.54, 1.807) is 0 Å². The zero-order valence-corrected chi connectivity index (χ0v) is 12.8. The largest absolute Gasteiger partial charge is 0.319 e. The van der Waals surface area contributed by atoms with Crippen molar-refractivity contribution in [1.82, 2.24) is 4.98 Å². The lowest BCUT2D eigenvalue weighted by Crippen LogP contribution is -2.36. The molecule has 1 heterocycles. The summed E-state index contributed by atoms with van der Waals surface area (Å²) in [5.41, 5.74) is 7.68. The smallest absolute Gasteiger partial charge is 0.113 e. The van der Waals surface area contributed by atoms with Crippen LogP contribution in [0.3, 0.4) is 0 Å². The van der Waals surface area contributed by atoms with E-state index in [2.05, 4.69) is 20.8 Å². The molecule has 1 aromatic rings. The molecule has 1 saturated carbocycles. The molecule has 1 fully saturated rings. The van der Waals surface area contributed by atoms with Gasteiger partial charge in [-0.2, -0.15) is 0 Å². The lowest BCUT2D eigenvalue weighted by Gasteiger charge is -2.25. The van der Waals surface area contributed by atoms with E-state index >= 15 is 0 Å². The zero-order valence-electron chi connectivity index (χ0n) is 12.0. The van der Waals surface area contributed by atoms with Gasteiger partial charge in [-0.15, -0.1) is 11.3 Å². The fraction of sp³-hybridized carbons (Fsp3) is 0.800. The van der Waals surface area contributed by atoms with Crippen molar-refractivity contribution in [3.05, 3.63) is 15.6 Å². The van der Waals surface area contributed by atoms with Crippen molar-refractivity contribution in [2.75, 3.05) is 0 Å². The minimum absolute atomic E-state index is 0.147. The summed E-state index contributed by atoms with van der Waals surface area (Å²) in [5.74, 6) is 0.891. The number of nitrogens with two attached hydrogens (primary N) is 1. The first-order valence-electron chi connectivity index (χ1n) is 7.28. The molecule has 0 radical (unpaired) electrons. The Morgan fingerprint density at radius 2 is 2.11 bits per heavy atom. The summed E-state index contributed by atoms with van der Waals surface area (Å²) >= 11 is 1.81. The quantitative estimate of drug-likeness (QED) is 0.829. The van der Waals surface area contributed by atoms with Gasteiger partial charge in [0.15, 0.2) is 0 Å². The maximum Gasteiger partial charge on any atom is 0.113 e. The Hall–Kier alpha value is -0.410. The topological polar surface area (TPSA) is 38.9 Å². The third-order valence-electron chi connectivity index (χ3n) is 4.39. The van der Waals surface area contributed by atoms with Gasteiger partial charge in [0.25, 0.3) is 0 Å². The number of thiazole rings is 1. The van der Waals surface area contributed by atoms with E-state index < -0.39 is 0 Å². The molecule has 0 spiro atoms. The molecule has 0 aromatic carbocycles. The van der Waals surface area contributed by atoms with Crippen LogP contribution >= 0.6 is 11.3 Å². The highest BCUT2D eigenvalue weighted by Gasteiger charge is 2.33. The van der Waals surface area contributed by atoms with E-state index in [1.807, 2.05) is 11.3 Å². The molecule has 2 unspecified atom stereocenters. The molecule has 1 aromatic heterocycles. The van der Waals surface area contributed by atoms with Crippen LogP contribution in [0.15, 0.2) is 0 Å². The molecule has 18 heavy (non-hydrogen) atoms. The van der Waals surface area contributed by atoms with Crippen LogP contribution in [0.4, 0.5) is 0 Å². The van der Waals surface area contributed by atoms with Gasteiger partial charge < -0.3 is 5.73 Å². The third kappa shape index (κ3) is 2.94. The molecular formula is C15H26N2S. The number of hydrogen-bond acceptors (Lipinski definition) is 3. The maximum absolute atomic E-state index is 6.67. The Labute approximate surface area is 115 Å². The lowest BCUT2D eigenvalue weighted by atomic mass is 9.90. The van der Waals surface area contributed by atoms with Crippen molar-refractivity contribution in [2.24, 2.45) is 11.7 Å². The maximum atomic E-state index is 6.67. The van der Waals surface area contributed by atoms with Crippen molar-refractivity contribution < 1.29 is 0 Å². The van der Waals surface area contributed by atoms with Crippen molar-refractivity contribution >= 4 is 11.3 Å². The van der Waals surface area contributed by atoms with Crippen LogP contribution in [-0.4, -0.2) is 4.98 Å². The molecule has 2 N–H and O–H groups in total. The molecule has 2 rings (SSSR count). The highest BCUT2D eigenvalue weighted by molar-refractivity contribution is 7.11. The Morgan fingerprint density at radius 1 is 1.33 bits per heavy atom. The van der Waals surface area contributed by atoms with Gasteiger partial charge in [-0.05, 0) is 39.0 Å². The predicted molar refractivity (Wildman–Crippen MR) is 78.9 cm³/mol. The lowest BCUT2D eigenvalue weighted by molar-refractivity contribution is 0.365. The van der Waals surface area contributed by atoms with Gasteiger partial charge >= 0.3 is 0 Å². The summed E-state index contributed by atoms with van der Waals surface area (Å²) < 4.78 is 0. The van der Waals surface area contributed by atoms with Crippen LogP contribution in [0.25, 0.3) is 0 Å². The second kappa shape index (κ2) is 5.70. The van der Waals surface area contributed by atoms with Gasteiger partial charge in [0, 0.05) is 4.88 Å². The Morgan fingerprint density at radius 3 is 2.72 bits per heavy atom. The molecule has 102 valence electrons. The predicted octanol–water partition coefficient (Wildman–Crippen LogP) is 4.29. The van der Waals surface area contributed by atoms with Gasteiger partial charge in [-0.3, -0.25) is 0 Å². The summed E-state index contributed by atoms with van der Waals surface area (Å²) in [6.07, 6.45) is 8.80. The van der Waals surface area contributed by atoms with Crippen molar-refractivity contribution in [1.29, 1.82) is 0 Å². The Kier molecular flexibility index (Phi) is 4.44. The van der Waals surface area contributed by atoms with Crippen molar-refractivity contribution in [2.45, 2.75) is 71.3 Å². The molecule has 2 nitrogen and oxygen atoms in total. The minimum Gasteiger partial charge on any atom is -0.319 e. The normalized spacial score (nSPS) is 29.2. The third-order valence-corrected chi connectivity index (χ3v) is 5.68. The second-order valence-corrected chi connectivity index (χ2v) is 7.11. The summed E-state index contributed by atoms with van der Waals surface area (Å²) in [7, 11) is 0. The van der Waals surface area contributed by atoms with Crippen LogP contribution in [-0.2, 0) is 5.54 Å². The Bertz CT molecular complexity index is 380. The average molecular weight is 266 g/mol. The first kappa shape index (κ1) is 14.0. The van der Waals surface area contributed by atoms with Crippen LogP contribution < -0.4 is 5.73 Å². The summed E-state index contributed by atoms with van der Waals surface area (Å²) in [6, 6.07) is 0. The molecule has 0 bridgehead atoms. The molecule has 0 aliphatic heterocycles. The molecular weight excluding hydrogens is 240 g/mol. The number of rotatable bonds is 3. The highest BCUT2D eigenvalue weighted by atomic mass is 32.1. The van der Waals surface area contributed by atoms with E-state index in [0.717, 1.165) is 24.5 Å². The number of aryl methyl sites for hydroxylation is 2. The zero-order chi connectivity index (χ0) is 13.2. The number of hydrogen-bond donors (Lipinski definition) is 1. The summed E-state index contributed by atoms with van der Waals surface area (Å²) in [5, 5.41) is 1.18. The van der Waals surface area contributed by atoms with Crippen LogP contribution in [0.2, 0.25) is 0 Å². The number of aromatic nitrogens is 1. The van der Waals surface area contributed by atoms with Crippen molar-refractivity contribution in [3.63, 3.8) is 0 Å². The standard InChI is InChI=1S/C15H26N2S/c1-4-6-13-7-5-9-15(16,10-8-13)14-17-11(2)12(3)18-14/h13H,4-10,16H2,1-3H3. The molecule has 2 atom stereocenters. The van der Waals surface area contributed by atoms with Gasteiger partial charge in [-0.25, -0.2) is 4.98 Å². The molecule has 0 saturated heterocycles. The van der Waals surface area contributed by atoms with E-state index in [-0.39, 0.29) is 5.54 Å². The highest BCUT2D eigenvalue weighted by Crippen LogP contribution is 2.39. The summed E-state index contributed by atoms with van der Waals surface area (Å²) in [6.45, 7) is 6.53. The molecule has 0 amide bonds. The monoisotopic (exact) mass is 266 g/mol. The Balaban J connectivity index is 2.11. The first-order chi connectivity index (χ1) is 8.55. The van der Waals surface area contributed by atoms with Gasteiger partial charge in [0.2, 0.25) is 0 Å². The molecule has 3 heteroatoms. The van der Waals surface area contributed by atoms with E-state index in [9.17, 15) is 0 Å². The van der Waals surface area contributed by atoms with Gasteiger partial charge in [0.1, 0.15) is 5.01 Å². The van der Waals surface area contributed by atoms with E-state index in [0.29, 0.717) is 0 Å². The minimum atomic E-state index is -0.147. The summed E-state index contributed by atoms with van der Waals surface area (Å²) in [4.78, 5) is 6.04. The molecule has 1 aliphatic carbocycles. The average Bonchev–Trinajstić information content (AvgIpc) is 2.56. The fourth-order valence-corrected chi connectivity index (χ4v) is 4.11. The van der Waals surface area contributed by atoms with Crippen LogP contribution in [0.5, 0.6) is 0 Å². The van der Waals surface area contributed by atoms with Crippen LogP contribution in [0, 0.1) is 19.8 Å². The van der Waals surface area contributed by atoms with Gasteiger partial charge in [0.05, 0.1) is 11.2 Å².